The van der Waals surface area contributed by atoms with Gasteiger partial charge in [0, 0.05) is 5.69 Å². The summed E-state index contributed by atoms with van der Waals surface area (Å²) in [6.45, 7) is 8.34. The van der Waals surface area contributed by atoms with Crippen molar-refractivity contribution in [1.82, 2.24) is 0 Å². The Bertz CT molecular complexity index is 936. The van der Waals surface area contributed by atoms with Gasteiger partial charge in [-0.3, -0.25) is 0 Å². The van der Waals surface area contributed by atoms with E-state index in [-0.39, 0.29) is 0 Å². The minimum Gasteiger partial charge on any atom is -0.421 e. The van der Waals surface area contributed by atoms with E-state index < -0.39 is 5.97 Å². The molecule has 31 heavy (non-hydrogen) atoms. The zero-order valence-corrected chi connectivity index (χ0v) is 18.9. The van der Waals surface area contributed by atoms with Gasteiger partial charge in [-0.1, -0.05) is 51.5 Å². The summed E-state index contributed by atoms with van der Waals surface area (Å²) in [6.07, 6.45) is 3.24. The maximum absolute atomic E-state index is 6.21. The Morgan fingerprint density at radius 1 is 0.742 bits per heavy atom. The van der Waals surface area contributed by atoms with Crippen LogP contribution in [-0.4, -0.2) is 5.97 Å². The Morgan fingerprint density at radius 2 is 1.19 bits per heavy atom. The van der Waals surface area contributed by atoms with Crippen LogP contribution in [0.1, 0.15) is 57.6 Å². The maximum Gasteiger partial charge on any atom is 0.414 e. The van der Waals surface area contributed by atoms with Gasteiger partial charge in [-0.25, -0.2) is 0 Å². The number of nitrogens with two attached hydrogens (primary N) is 1. The van der Waals surface area contributed by atoms with Gasteiger partial charge in [0.15, 0.2) is 0 Å². The van der Waals surface area contributed by atoms with E-state index in [1.807, 2.05) is 24.3 Å². The van der Waals surface area contributed by atoms with Crippen molar-refractivity contribution in [1.29, 1.82) is 0 Å². The first-order chi connectivity index (χ1) is 14.9. The van der Waals surface area contributed by atoms with Gasteiger partial charge < -0.3 is 19.9 Å². The standard InChI is InChI=1S/C27H33NO3/c1-5-7-21-8-14-24(15-9-21)29-27(4,31-26-18-12-23(28)13-19-26)30-25-16-10-22(11-17-25)20(3)6-2/h8-20H,5-7,28H2,1-4H3. The molecular formula is C27H33NO3. The van der Waals surface area contributed by atoms with Gasteiger partial charge in [0.05, 0.1) is 6.92 Å². The molecule has 0 heterocycles. The zero-order valence-electron chi connectivity index (χ0n) is 18.9. The molecule has 0 radical (unpaired) electrons. The van der Waals surface area contributed by atoms with Crippen LogP contribution in [-0.2, 0) is 6.42 Å². The van der Waals surface area contributed by atoms with Gasteiger partial charge in [0.2, 0.25) is 0 Å². The Hall–Kier alpha value is -3.14. The van der Waals surface area contributed by atoms with Crippen LogP contribution in [0.15, 0.2) is 72.8 Å². The topological polar surface area (TPSA) is 53.7 Å². The molecule has 4 nitrogen and oxygen atoms in total. The molecule has 0 aromatic heterocycles. The van der Waals surface area contributed by atoms with Crippen molar-refractivity contribution in [3.05, 3.63) is 83.9 Å². The third kappa shape index (κ3) is 6.42. The quantitative estimate of drug-likeness (QED) is 0.285. The van der Waals surface area contributed by atoms with E-state index in [2.05, 4.69) is 45.0 Å². The average molecular weight is 420 g/mol. The van der Waals surface area contributed by atoms with Gasteiger partial charge in [-0.15, -0.1) is 0 Å². The van der Waals surface area contributed by atoms with E-state index in [1.54, 1.807) is 31.2 Å². The van der Waals surface area contributed by atoms with Crippen LogP contribution in [0.25, 0.3) is 0 Å². The number of hydrogen-bond donors (Lipinski definition) is 1. The lowest BCUT2D eigenvalue weighted by Gasteiger charge is -2.31. The van der Waals surface area contributed by atoms with Crippen molar-refractivity contribution in [3.63, 3.8) is 0 Å². The van der Waals surface area contributed by atoms with Crippen molar-refractivity contribution < 1.29 is 14.2 Å². The average Bonchev–Trinajstić information content (AvgIpc) is 2.77. The first kappa shape index (κ1) is 22.5. The highest BCUT2D eigenvalue weighted by Gasteiger charge is 2.32. The summed E-state index contributed by atoms with van der Waals surface area (Å²) in [5.41, 5.74) is 9.03. The molecule has 2 atom stereocenters. The second-order valence-corrected chi connectivity index (χ2v) is 8.01. The molecule has 2 N–H and O–H groups in total. The van der Waals surface area contributed by atoms with Gasteiger partial charge in [-0.2, -0.15) is 0 Å². The third-order valence-corrected chi connectivity index (χ3v) is 5.31. The van der Waals surface area contributed by atoms with E-state index in [0.717, 1.165) is 19.3 Å². The molecule has 164 valence electrons. The number of hydrogen-bond acceptors (Lipinski definition) is 4. The molecule has 0 aliphatic carbocycles. The van der Waals surface area contributed by atoms with Crippen LogP contribution in [0.4, 0.5) is 5.69 Å². The van der Waals surface area contributed by atoms with E-state index in [1.165, 1.54) is 11.1 Å². The first-order valence-corrected chi connectivity index (χ1v) is 11.0. The van der Waals surface area contributed by atoms with Gasteiger partial charge in [0.25, 0.3) is 0 Å². The van der Waals surface area contributed by atoms with Crippen molar-refractivity contribution in [2.75, 3.05) is 5.73 Å². The molecule has 0 fully saturated rings. The van der Waals surface area contributed by atoms with Crippen molar-refractivity contribution in [2.45, 2.75) is 58.8 Å². The van der Waals surface area contributed by atoms with Crippen molar-refractivity contribution in [2.24, 2.45) is 0 Å². The SMILES string of the molecule is CCCc1ccc(OC(C)(Oc2ccc(N)cc2)Oc2ccc(C(C)CC)cc2)cc1. The second kappa shape index (κ2) is 10.3. The summed E-state index contributed by atoms with van der Waals surface area (Å²) >= 11 is 0. The summed E-state index contributed by atoms with van der Waals surface area (Å²) in [5.74, 6) is 1.10. The summed E-state index contributed by atoms with van der Waals surface area (Å²) in [5, 5.41) is 0. The van der Waals surface area contributed by atoms with Crippen molar-refractivity contribution in [3.8, 4) is 17.2 Å². The molecule has 0 aliphatic rings. The van der Waals surface area contributed by atoms with Crippen LogP contribution in [0, 0.1) is 0 Å². The monoisotopic (exact) mass is 419 g/mol. The van der Waals surface area contributed by atoms with E-state index in [0.29, 0.717) is 28.9 Å². The predicted octanol–water partition coefficient (Wildman–Crippen LogP) is 6.95. The molecule has 4 heteroatoms. The molecule has 0 saturated heterocycles. The largest absolute Gasteiger partial charge is 0.421 e. The Labute approximate surface area is 186 Å². The van der Waals surface area contributed by atoms with E-state index in [9.17, 15) is 0 Å². The molecule has 3 rings (SSSR count). The molecule has 2 unspecified atom stereocenters. The summed E-state index contributed by atoms with van der Waals surface area (Å²) < 4.78 is 18.5. The Kier molecular flexibility index (Phi) is 7.45. The van der Waals surface area contributed by atoms with Gasteiger partial charge in [-0.05, 0) is 78.4 Å². The number of aryl methyl sites for hydroxylation is 1. The Balaban J connectivity index is 1.83. The third-order valence-electron chi connectivity index (χ3n) is 5.31. The van der Waals surface area contributed by atoms with Crippen LogP contribution in [0.3, 0.4) is 0 Å². The molecule has 0 amide bonds. The van der Waals surface area contributed by atoms with Gasteiger partial charge in [0.1, 0.15) is 17.2 Å². The lowest BCUT2D eigenvalue weighted by Crippen LogP contribution is -2.45. The van der Waals surface area contributed by atoms with Crippen LogP contribution >= 0.6 is 0 Å². The van der Waals surface area contributed by atoms with Crippen LogP contribution < -0.4 is 19.9 Å². The van der Waals surface area contributed by atoms with E-state index >= 15 is 0 Å². The second-order valence-electron chi connectivity index (χ2n) is 8.01. The fourth-order valence-electron chi connectivity index (χ4n) is 3.35. The summed E-state index contributed by atoms with van der Waals surface area (Å²) in [4.78, 5) is 0. The van der Waals surface area contributed by atoms with Crippen LogP contribution in [0.2, 0.25) is 0 Å². The highest BCUT2D eigenvalue weighted by Crippen LogP contribution is 2.29. The van der Waals surface area contributed by atoms with Crippen LogP contribution in [0.5, 0.6) is 17.2 Å². The van der Waals surface area contributed by atoms with Crippen molar-refractivity contribution >= 4 is 5.69 Å². The molecule has 0 aliphatic heterocycles. The molecular weight excluding hydrogens is 386 g/mol. The lowest BCUT2D eigenvalue weighted by atomic mass is 9.99. The number of benzene rings is 3. The lowest BCUT2D eigenvalue weighted by molar-refractivity contribution is -0.238. The van der Waals surface area contributed by atoms with Gasteiger partial charge >= 0.3 is 5.97 Å². The molecule has 0 saturated carbocycles. The highest BCUT2D eigenvalue weighted by atomic mass is 16.9. The molecule has 3 aromatic rings. The Morgan fingerprint density at radius 3 is 1.65 bits per heavy atom. The summed E-state index contributed by atoms with van der Waals surface area (Å²) in [7, 11) is 0. The molecule has 0 spiro atoms. The maximum atomic E-state index is 6.21. The minimum absolute atomic E-state index is 0.504. The number of anilines is 1. The molecule has 0 bridgehead atoms. The summed E-state index contributed by atoms with van der Waals surface area (Å²) in [6, 6.07) is 23.3. The minimum atomic E-state index is -1.36. The molecule has 3 aromatic carbocycles. The fourth-order valence-corrected chi connectivity index (χ4v) is 3.35. The highest BCUT2D eigenvalue weighted by molar-refractivity contribution is 5.41. The normalized spacial score (nSPS) is 13.8. The smallest absolute Gasteiger partial charge is 0.414 e. The predicted molar refractivity (Wildman–Crippen MR) is 127 cm³/mol. The number of ether oxygens (including phenoxy) is 3. The first-order valence-electron chi connectivity index (χ1n) is 11.0. The number of rotatable bonds is 10. The zero-order chi connectivity index (χ0) is 22.3. The number of nitrogen functional groups attached to an aromatic ring is 1. The fraction of sp³-hybridized carbons (Fsp3) is 0.333. The van der Waals surface area contributed by atoms with E-state index in [4.69, 9.17) is 19.9 Å².